The van der Waals surface area contributed by atoms with Gasteiger partial charge in [-0.15, -0.1) is 0 Å². The highest BCUT2D eigenvalue weighted by atomic mass is 16.5. The van der Waals surface area contributed by atoms with Crippen molar-refractivity contribution in [3.8, 4) is 5.75 Å². The lowest BCUT2D eigenvalue weighted by Crippen LogP contribution is -2.26. The normalized spacial score (nSPS) is 12.7. The zero-order chi connectivity index (χ0) is 17.9. The highest BCUT2D eigenvalue weighted by Gasteiger charge is 2.30. The third-order valence-electron chi connectivity index (χ3n) is 3.51. The molecule has 1 aromatic carbocycles. The average Bonchev–Trinajstić information content (AvgIpc) is 2.52. The second kappa shape index (κ2) is 6.88. The standard InChI is InChI=1S/C18H20O6/c1-18(2,3)16(20)12-10-24-15(17(21)22)14(13(12)19)23-9-11-7-5-4-6-8-11/h4-8,10,16,20H,9H2,1-3H3,(H,21,22). The van der Waals surface area contributed by atoms with Crippen LogP contribution in [-0.4, -0.2) is 16.2 Å². The molecule has 0 bridgehead atoms. The Hall–Kier alpha value is -2.60. The molecule has 2 aromatic rings. The lowest BCUT2D eigenvalue weighted by molar-refractivity contribution is 0.0568. The van der Waals surface area contributed by atoms with Crippen LogP contribution in [0.2, 0.25) is 0 Å². The summed E-state index contributed by atoms with van der Waals surface area (Å²) in [5, 5.41) is 19.5. The predicted molar refractivity (Wildman–Crippen MR) is 87.1 cm³/mol. The van der Waals surface area contributed by atoms with Gasteiger partial charge in [0.25, 0.3) is 5.76 Å². The third kappa shape index (κ3) is 3.83. The molecule has 0 saturated carbocycles. The predicted octanol–water partition coefficient (Wildman–Crippen LogP) is 3.00. The SMILES string of the molecule is CC(C)(C)C(O)c1coc(C(=O)O)c(OCc2ccccc2)c1=O. The van der Waals surface area contributed by atoms with Gasteiger partial charge in [-0.2, -0.15) is 0 Å². The van der Waals surface area contributed by atoms with Gasteiger partial charge in [-0.05, 0) is 11.0 Å². The third-order valence-corrected chi connectivity index (χ3v) is 3.51. The van der Waals surface area contributed by atoms with E-state index in [1.807, 2.05) is 6.07 Å². The van der Waals surface area contributed by atoms with Gasteiger partial charge in [-0.25, -0.2) is 4.79 Å². The highest BCUT2D eigenvalue weighted by molar-refractivity contribution is 5.87. The molecule has 6 nitrogen and oxygen atoms in total. The van der Waals surface area contributed by atoms with Crippen molar-refractivity contribution in [1.29, 1.82) is 0 Å². The van der Waals surface area contributed by atoms with Crippen molar-refractivity contribution in [2.24, 2.45) is 5.41 Å². The van der Waals surface area contributed by atoms with Gasteiger partial charge in [-0.1, -0.05) is 51.1 Å². The number of carboxylic acid groups (broad SMARTS) is 1. The molecule has 24 heavy (non-hydrogen) atoms. The zero-order valence-electron chi connectivity index (χ0n) is 13.8. The van der Waals surface area contributed by atoms with E-state index in [0.717, 1.165) is 11.8 Å². The van der Waals surface area contributed by atoms with Crippen LogP contribution in [0.25, 0.3) is 0 Å². The Labute approximate surface area is 139 Å². The monoisotopic (exact) mass is 332 g/mol. The highest BCUT2D eigenvalue weighted by Crippen LogP contribution is 2.32. The van der Waals surface area contributed by atoms with E-state index in [9.17, 15) is 19.8 Å². The number of rotatable bonds is 5. The van der Waals surface area contributed by atoms with E-state index in [1.54, 1.807) is 45.0 Å². The second-order valence-electron chi connectivity index (χ2n) is 6.53. The van der Waals surface area contributed by atoms with Crippen LogP contribution in [0.15, 0.2) is 45.8 Å². The van der Waals surface area contributed by atoms with E-state index >= 15 is 0 Å². The Balaban J connectivity index is 2.43. The average molecular weight is 332 g/mol. The van der Waals surface area contributed by atoms with Gasteiger partial charge in [0.2, 0.25) is 11.2 Å². The number of hydrogen-bond acceptors (Lipinski definition) is 5. The van der Waals surface area contributed by atoms with E-state index in [0.29, 0.717) is 0 Å². The largest absolute Gasteiger partial charge is 0.481 e. The summed E-state index contributed by atoms with van der Waals surface area (Å²) in [6.45, 7) is 5.28. The molecule has 0 amide bonds. The van der Waals surface area contributed by atoms with E-state index in [-0.39, 0.29) is 12.2 Å². The van der Waals surface area contributed by atoms with Crippen LogP contribution in [0.3, 0.4) is 0 Å². The molecule has 1 atom stereocenters. The number of aromatic carboxylic acids is 1. The molecule has 0 aliphatic carbocycles. The Kier molecular flexibility index (Phi) is 5.09. The Morgan fingerprint density at radius 3 is 2.42 bits per heavy atom. The van der Waals surface area contributed by atoms with Crippen molar-refractivity contribution in [3.05, 3.63) is 63.7 Å². The number of ether oxygens (including phenoxy) is 1. The second-order valence-corrected chi connectivity index (χ2v) is 6.53. The minimum atomic E-state index is -1.41. The van der Waals surface area contributed by atoms with Crippen molar-refractivity contribution >= 4 is 5.97 Å². The van der Waals surface area contributed by atoms with Crippen LogP contribution >= 0.6 is 0 Å². The topological polar surface area (TPSA) is 97.0 Å². The van der Waals surface area contributed by atoms with Crippen LogP contribution < -0.4 is 10.2 Å². The van der Waals surface area contributed by atoms with Gasteiger partial charge in [0, 0.05) is 0 Å². The number of carbonyl (C=O) groups is 1. The first-order valence-corrected chi connectivity index (χ1v) is 7.45. The van der Waals surface area contributed by atoms with E-state index in [4.69, 9.17) is 9.15 Å². The summed E-state index contributed by atoms with van der Waals surface area (Å²) >= 11 is 0. The molecule has 1 aromatic heterocycles. The lowest BCUT2D eigenvalue weighted by atomic mass is 9.85. The zero-order valence-corrected chi connectivity index (χ0v) is 13.8. The van der Waals surface area contributed by atoms with Crippen LogP contribution in [0, 0.1) is 5.41 Å². The fourth-order valence-corrected chi connectivity index (χ4v) is 2.13. The van der Waals surface area contributed by atoms with E-state index in [2.05, 4.69) is 0 Å². The number of aliphatic hydroxyl groups is 1. The minimum Gasteiger partial charge on any atom is -0.481 e. The van der Waals surface area contributed by atoms with Crippen molar-refractivity contribution in [3.63, 3.8) is 0 Å². The van der Waals surface area contributed by atoms with Gasteiger partial charge in [0.15, 0.2) is 0 Å². The van der Waals surface area contributed by atoms with Crippen molar-refractivity contribution < 1.29 is 24.2 Å². The maximum absolute atomic E-state index is 12.6. The summed E-state index contributed by atoms with van der Waals surface area (Å²) in [5.41, 5.74) is -0.557. The maximum atomic E-state index is 12.6. The molecular weight excluding hydrogens is 312 g/mol. The molecule has 0 saturated heterocycles. The molecule has 6 heteroatoms. The molecule has 0 radical (unpaired) electrons. The summed E-state index contributed by atoms with van der Waals surface area (Å²) in [6, 6.07) is 9.02. The molecule has 2 rings (SSSR count). The van der Waals surface area contributed by atoms with Gasteiger partial charge in [-0.3, -0.25) is 4.79 Å². The molecule has 1 unspecified atom stereocenters. The Morgan fingerprint density at radius 1 is 1.25 bits per heavy atom. The number of hydrogen-bond donors (Lipinski definition) is 2. The first-order valence-electron chi connectivity index (χ1n) is 7.45. The maximum Gasteiger partial charge on any atom is 0.375 e. The van der Waals surface area contributed by atoms with Crippen LogP contribution in [0.1, 0.15) is 48.6 Å². The molecule has 0 aliphatic rings. The van der Waals surface area contributed by atoms with E-state index < -0.39 is 34.4 Å². The Bertz CT molecular complexity index is 770. The fourth-order valence-electron chi connectivity index (χ4n) is 2.13. The molecule has 0 aliphatic heterocycles. The van der Waals surface area contributed by atoms with Gasteiger partial charge >= 0.3 is 5.97 Å². The lowest BCUT2D eigenvalue weighted by Gasteiger charge is -2.25. The van der Waals surface area contributed by atoms with Gasteiger partial charge in [0.05, 0.1) is 11.7 Å². The molecule has 0 fully saturated rings. The summed E-state index contributed by atoms with van der Waals surface area (Å²) in [7, 11) is 0. The van der Waals surface area contributed by atoms with Crippen molar-refractivity contribution in [2.45, 2.75) is 33.5 Å². The van der Waals surface area contributed by atoms with E-state index in [1.165, 1.54) is 0 Å². The van der Waals surface area contributed by atoms with Gasteiger partial charge in [0.1, 0.15) is 12.9 Å². The van der Waals surface area contributed by atoms with Gasteiger partial charge < -0.3 is 19.4 Å². The summed E-state index contributed by atoms with van der Waals surface area (Å²) in [4.78, 5) is 23.9. The molecule has 1 heterocycles. The molecule has 0 spiro atoms. The van der Waals surface area contributed by atoms with Crippen molar-refractivity contribution in [1.82, 2.24) is 0 Å². The summed E-state index contributed by atoms with van der Waals surface area (Å²) < 4.78 is 10.5. The fraction of sp³-hybridized carbons (Fsp3) is 0.333. The van der Waals surface area contributed by atoms with Crippen LogP contribution in [-0.2, 0) is 6.61 Å². The first kappa shape index (κ1) is 17.7. The molecule has 128 valence electrons. The quantitative estimate of drug-likeness (QED) is 0.873. The number of carboxylic acids is 1. The number of benzene rings is 1. The Morgan fingerprint density at radius 2 is 1.88 bits per heavy atom. The first-order chi connectivity index (χ1) is 11.2. The number of aliphatic hydroxyl groups excluding tert-OH is 1. The summed E-state index contributed by atoms with van der Waals surface area (Å²) in [6.07, 6.45) is -0.132. The minimum absolute atomic E-state index is 0.0148. The molecule has 2 N–H and O–H groups in total. The van der Waals surface area contributed by atoms with Crippen LogP contribution in [0.4, 0.5) is 0 Å². The smallest absolute Gasteiger partial charge is 0.375 e. The van der Waals surface area contributed by atoms with Crippen LogP contribution in [0.5, 0.6) is 5.75 Å². The molecular formula is C18H20O6. The van der Waals surface area contributed by atoms with Crippen molar-refractivity contribution in [2.75, 3.05) is 0 Å². The summed E-state index contributed by atoms with van der Waals surface area (Å²) in [5.74, 6) is -2.40.